The molecule has 3 heterocycles. The molecule has 27 heavy (non-hydrogen) atoms. The third kappa shape index (κ3) is 2.87. The zero-order valence-corrected chi connectivity index (χ0v) is 16.0. The van der Waals surface area contributed by atoms with Crippen LogP contribution < -0.4 is 0 Å². The summed E-state index contributed by atoms with van der Waals surface area (Å²) >= 11 is 0. The van der Waals surface area contributed by atoms with Gasteiger partial charge >= 0.3 is 6.09 Å². The van der Waals surface area contributed by atoms with Gasteiger partial charge in [-0.3, -0.25) is 4.90 Å². The molecule has 2 fully saturated rings. The van der Waals surface area contributed by atoms with E-state index in [1.807, 2.05) is 18.2 Å². The van der Waals surface area contributed by atoms with E-state index in [4.69, 9.17) is 18.9 Å². The van der Waals surface area contributed by atoms with Gasteiger partial charge in [0.15, 0.2) is 6.29 Å². The van der Waals surface area contributed by atoms with Gasteiger partial charge in [-0.05, 0) is 5.56 Å². The van der Waals surface area contributed by atoms with E-state index < -0.39 is 11.8 Å². The van der Waals surface area contributed by atoms with Gasteiger partial charge in [0.25, 0.3) is 0 Å². The fourth-order valence-corrected chi connectivity index (χ4v) is 4.84. The van der Waals surface area contributed by atoms with E-state index in [1.54, 1.807) is 4.90 Å². The number of carbonyl (C=O) groups excluding carboxylic acids is 1. The molecule has 4 rings (SSSR count). The van der Waals surface area contributed by atoms with Crippen LogP contribution in [0.15, 0.2) is 42.5 Å². The highest BCUT2D eigenvalue weighted by Crippen LogP contribution is 2.50. The lowest BCUT2D eigenvalue weighted by Gasteiger charge is -2.54. The minimum absolute atomic E-state index is 0.0200. The zero-order valence-electron chi connectivity index (χ0n) is 16.0. The van der Waals surface area contributed by atoms with Gasteiger partial charge in [-0.15, -0.1) is 0 Å². The second-order valence-corrected chi connectivity index (χ2v) is 7.56. The van der Waals surface area contributed by atoms with Crippen molar-refractivity contribution in [2.45, 2.75) is 44.4 Å². The Morgan fingerprint density at radius 1 is 1.22 bits per heavy atom. The first-order valence-electron chi connectivity index (χ1n) is 9.55. The molecule has 0 aliphatic carbocycles. The first kappa shape index (κ1) is 18.5. The Morgan fingerprint density at radius 3 is 2.59 bits per heavy atom. The Bertz CT molecular complexity index is 702. The third-order valence-electron chi connectivity index (χ3n) is 6.21. The number of carbonyl (C=O) groups is 1. The van der Waals surface area contributed by atoms with Crippen molar-refractivity contribution in [1.82, 2.24) is 4.90 Å². The molecule has 6 heteroatoms. The van der Waals surface area contributed by atoms with Crippen LogP contribution in [0.4, 0.5) is 4.79 Å². The van der Waals surface area contributed by atoms with Crippen molar-refractivity contribution in [1.29, 1.82) is 0 Å². The summed E-state index contributed by atoms with van der Waals surface area (Å²) in [5.74, 6) is 0.101. The molecule has 2 saturated heterocycles. The first-order chi connectivity index (χ1) is 13.1. The molecular weight excluding hydrogens is 346 g/mol. The fraction of sp³-hybridized carbons (Fsp3) is 0.571. The minimum atomic E-state index is -0.720. The number of rotatable bonds is 4. The number of methoxy groups -OCH3 is 1. The predicted molar refractivity (Wildman–Crippen MR) is 98.9 cm³/mol. The Kier molecular flexibility index (Phi) is 4.97. The molecular formula is C21H27NO5. The predicted octanol–water partition coefficient (Wildman–Crippen LogP) is 2.98. The van der Waals surface area contributed by atoms with Crippen LogP contribution in [-0.2, 0) is 25.6 Å². The molecule has 0 unspecified atom stereocenters. The Balaban J connectivity index is 1.64. The van der Waals surface area contributed by atoms with Gasteiger partial charge in [0.2, 0.25) is 0 Å². The zero-order chi connectivity index (χ0) is 19.0. The quantitative estimate of drug-likeness (QED) is 0.760. The van der Waals surface area contributed by atoms with E-state index in [9.17, 15) is 4.79 Å². The highest BCUT2D eigenvalue weighted by molar-refractivity contribution is 5.72. The van der Waals surface area contributed by atoms with Crippen LogP contribution in [0.1, 0.15) is 19.4 Å². The minimum Gasteiger partial charge on any atom is -0.453 e. The molecule has 0 saturated carbocycles. The van der Waals surface area contributed by atoms with Crippen molar-refractivity contribution >= 4 is 6.09 Å². The second kappa shape index (κ2) is 7.26. The Morgan fingerprint density at radius 2 is 1.93 bits per heavy atom. The molecule has 3 aliphatic heterocycles. The van der Waals surface area contributed by atoms with Crippen LogP contribution in [0.2, 0.25) is 0 Å². The number of hydrogen-bond acceptors (Lipinski definition) is 5. The van der Waals surface area contributed by atoms with Gasteiger partial charge in [-0.1, -0.05) is 56.3 Å². The van der Waals surface area contributed by atoms with Gasteiger partial charge < -0.3 is 18.9 Å². The molecule has 0 radical (unpaired) electrons. The van der Waals surface area contributed by atoms with E-state index in [0.717, 1.165) is 5.56 Å². The van der Waals surface area contributed by atoms with Gasteiger partial charge in [0, 0.05) is 11.8 Å². The fourth-order valence-electron chi connectivity index (χ4n) is 4.84. The smallest absolute Gasteiger partial charge is 0.410 e. The summed E-state index contributed by atoms with van der Waals surface area (Å²) in [5.41, 5.74) is 0.414. The Labute approximate surface area is 160 Å². The average Bonchev–Trinajstić information content (AvgIpc) is 3.34. The average molecular weight is 373 g/mol. The maximum absolute atomic E-state index is 12.7. The number of benzene rings is 1. The molecule has 1 amide bonds. The van der Waals surface area contributed by atoms with Crippen molar-refractivity contribution in [3.63, 3.8) is 0 Å². The first-order valence-corrected chi connectivity index (χ1v) is 9.55. The lowest BCUT2D eigenvalue weighted by atomic mass is 9.72. The van der Waals surface area contributed by atoms with Crippen molar-refractivity contribution in [2.75, 3.05) is 20.3 Å². The SMILES string of the molecule is COC(=O)N1[C@@H]2C=C[C@@]1(C1OCCO1)[C@@H](C)[C@@H](OCc1ccccc1)[C@H]2C. The van der Waals surface area contributed by atoms with Gasteiger partial charge in [-0.2, -0.15) is 0 Å². The Hall–Kier alpha value is -1.89. The van der Waals surface area contributed by atoms with Gasteiger partial charge in [0.1, 0.15) is 5.54 Å². The van der Waals surface area contributed by atoms with Gasteiger partial charge in [-0.25, -0.2) is 4.79 Å². The summed E-state index contributed by atoms with van der Waals surface area (Å²) in [6, 6.07) is 10.0. The summed E-state index contributed by atoms with van der Waals surface area (Å²) < 4.78 is 23.3. The largest absolute Gasteiger partial charge is 0.453 e. The van der Waals surface area contributed by atoms with Crippen LogP contribution in [0, 0.1) is 11.8 Å². The van der Waals surface area contributed by atoms with Crippen LogP contribution in [0.25, 0.3) is 0 Å². The number of amides is 1. The second-order valence-electron chi connectivity index (χ2n) is 7.56. The monoisotopic (exact) mass is 373 g/mol. The van der Waals surface area contributed by atoms with Crippen LogP contribution in [0.5, 0.6) is 0 Å². The number of ether oxygens (including phenoxy) is 4. The number of nitrogens with zero attached hydrogens (tertiary/aromatic N) is 1. The van der Waals surface area contributed by atoms with E-state index in [1.165, 1.54) is 7.11 Å². The molecule has 6 nitrogen and oxygen atoms in total. The van der Waals surface area contributed by atoms with E-state index in [0.29, 0.717) is 19.8 Å². The molecule has 2 bridgehead atoms. The topological polar surface area (TPSA) is 57.2 Å². The third-order valence-corrected chi connectivity index (χ3v) is 6.21. The number of fused-ring (bicyclic) bond motifs is 2. The molecule has 146 valence electrons. The maximum Gasteiger partial charge on any atom is 0.410 e. The number of piperidine rings is 1. The van der Waals surface area contributed by atoms with Crippen LogP contribution >= 0.6 is 0 Å². The summed E-state index contributed by atoms with van der Waals surface area (Å²) in [4.78, 5) is 14.5. The lowest BCUT2D eigenvalue weighted by Crippen LogP contribution is -2.69. The maximum atomic E-state index is 12.7. The molecule has 0 N–H and O–H groups in total. The molecule has 1 aromatic carbocycles. The molecule has 3 aliphatic rings. The van der Waals surface area contributed by atoms with E-state index in [2.05, 4.69) is 38.1 Å². The molecule has 0 spiro atoms. The standard InChI is InChI=1S/C21H27NO5/c1-14-17-9-10-21(19-25-11-12-26-19,22(17)20(23)24-3)15(2)18(14)27-13-16-7-5-4-6-8-16/h4-10,14-15,17-19H,11-13H2,1-3H3/t14-,15-,17+,18-,21-/m0/s1. The molecule has 5 atom stereocenters. The van der Waals surface area contributed by atoms with Gasteiger partial charge in [0.05, 0.1) is 39.1 Å². The van der Waals surface area contributed by atoms with Crippen LogP contribution in [-0.4, -0.2) is 55.3 Å². The normalized spacial score (nSPS) is 35.6. The lowest BCUT2D eigenvalue weighted by molar-refractivity contribution is -0.196. The summed E-state index contributed by atoms with van der Waals surface area (Å²) in [7, 11) is 1.42. The van der Waals surface area contributed by atoms with Crippen molar-refractivity contribution in [3.05, 3.63) is 48.0 Å². The highest BCUT2D eigenvalue weighted by Gasteiger charge is 2.64. The van der Waals surface area contributed by atoms with Crippen molar-refractivity contribution in [3.8, 4) is 0 Å². The highest BCUT2D eigenvalue weighted by atomic mass is 16.7. The summed E-state index contributed by atoms with van der Waals surface area (Å²) in [6.45, 7) is 5.82. The molecule has 0 aromatic heterocycles. The summed E-state index contributed by atoms with van der Waals surface area (Å²) in [6.07, 6.45) is 3.23. The number of hydrogen-bond donors (Lipinski definition) is 0. The van der Waals surface area contributed by atoms with Crippen molar-refractivity contribution < 1.29 is 23.7 Å². The van der Waals surface area contributed by atoms with Crippen molar-refractivity contribution in [2.24, 2.45) is 11.8 Å². The molecule has 1 aromatic rings. The summed E-state index contributed by atoms with van der Waals surface area (Å²) in [5, 5.41) is 0. The van der Waals surface area contributed by atoms with E-state index >= 15 is 0 Å². The van der Waals surface area contributed by atoms with Crippen LogP contribution in [0.3, 0.4) is 0 Å². The van der Waals surface area contributed by atoms with E-state index in [-0.39, 0.29) is 30.1 Å².